The molecule has 1 N–H and O–H groups in total. The molecule has 0 spiro atoms. The fraction of sp³-hybridized carbons (Fsp3) is 0.385. The van der Waals surface area contributed by atoms with E-state index in [9.17, 15) is 4.79 Å². The van der Waals surface area contributed by atoms with Crippen LogP contribution in [0.4, 0.5) is 0 Å². The molecule has 1 saturated heterocycles. The van der Waals surface area contributed by atoms with Gasteiger partial charge in [-0.1, -0.05) is 27.7 Å². The number of benzene rings is 1. The van der Waals surface area contributed by atoms with Gasteiger partial charge in [0.05, 0.1) is 29.4 Å². The van der Waals surface area contributed by atoms with Crippen LogP contribution in [0.15, 0.2) is 27.8 Å². The maximum absolute atomic E-state index is 10.8. The van der Waals surface area contributed by atoms with E-state index in [2.05, 4.69) is 25.5 Å². The van der Waals surface area contributed by atoms with E-state index in [0.29, 0.717) is 6.61 Å². The van der Waals surface area contributed by atoms with Gasteiger partial charge in [0.1, 0.15) is 0 Å². The van der Waals surface area contributed by atoms with Crippen molar-refractivity contribution in [3.05, 3.63) is 22.7 Å². The number of carboxylic acid groups (broad SMARTS) is 1. The van der Waals surface area contributed by atoms with Crippen molar-refractivity contribution in [2.24, 2.45) is 0 Å². The Balaban J connectivity index is 2.05. The molecule has 0 bridgehead atoms. The minimum Gasteiger partial charge on any atom is -0.481 e. The molecule has 1 fully saturated rings. The Kier molecular flexibility index (Phi) is 4.00. The van der Waals surface area contributed by atoms with E-state index in [1.807, 2.05) is 18.2 Å². The molecule has 7 heteroatoms. The van der Waals surface area contributed by atoms with Crippen LogP contribution in [-0.2, 0) is 9.53 Å². The number of aromatic nitrogens is 2. The molecule has 3 rings (SSSR count). The lowest BCUT2D eigenvalue weighted by molar-refractivity contribution is -0.133. The second kappa shape index (κ2) is 5.75. The smallest absolute Gasteiger partial charge is 0.313 e. The number of hydrogen-bond donors (Lipinski definition) is 1. The van der Waals surface area contributed by atoms with E-state index in [1.165, 1.54) is 11.8 Å². The van der Waals surface area contributed by atoms with Crippen LogP contribution < -0.4 is 0 Å². The number of carbonyl (C=O) groups is 1. The largest absolute Gasteiger partial charge is 0.481 e. The van der Waals surface area contributed by atoms with Crippen LogP contribution in [0.5, 0.6) is 0 Å². The predicted octanol–water partition coefficient (Wildman–Crippen LogP) is 2.94. The Bertz CT molecular complexity index is 652. The number of rotatable bonds is 4. The molecule has 0 aliphatic carbocycles. The van der Waals surface area contributed by atoms with Gasteiger partial charge >= 0.3 is 5.97 Å². The van der Waals surface area contributed by atoms with Crippen molar-refractivity contribution in [3.63, 3.8) is 0 Å². The molecular formula is C13H13BrN2O3S. The Morgan fingerprint density at radius 2 is 2.45 bits per heavy atom. The molecule has 1 aliphatic heterocycles. The van der Waals surface area contributed by atoms with E-state index in [1.54, 1.807) is 0 Å². The van der Waals surface area contributed by atoms with E-state index < -0.39 is 5.97 Å². The molecule has 5 nitrogen and oxygen atoms in total. The summed E-state index contributed by atoms with van der Waals surface area (Å²) in [7, 11) is 0. The zero-order chi connectivity index (χ0) is 14.1. The zero-order valence-electron chi connectivity index (χ0n) is 10.6. The van der Waals surface area contributed by atoms with Crippen LogP contribution in [0.2, 0.25) is 0 Å². The van der Waals surface area contributed by atoms with Crippen LogP contribution in [0.1, 0.15) is 12.5 Å². The highest BCUT2D eigenvalue weighted by Crippen LogP contribution is 2.32. The molecule has 0 saturated carbocycles. The zero-order valence-corrected chi connectivity index (χ0v) is 13.0. The quantitative estimate of drug-likeness (QED) is 0.853. The molecule has 0 radical (unpaired) electrons. The molecule has 20 heavy (non-hydrogen) atoms. The number of fused-ring (bicyclic) bond motifs is 1. The number of aliphatic carboxylic acids is 1. The van der Waals surface area contributed by atoms with Gasteiger partial charge < -0.3 is 14.4 Å². The van der Waals surface area contributed by atoms with Gasteiger partial charge in [0.2, 0.25) is 0 Å². The van der Waals surface area contributed by atoms with E-state index >= 15 is 0 Å². The van der Waals surface area contributed by atoms with Crippen LogP contribution in [0, 0.1) is 0 Å². The van der Waals surface area contributed by atoms with Gasteiger partial charge in [-0.25, -0.2) is 4.98 Å². The highest BCUT2D eigenvalue weighted by molar-refractivity contribution is 9.10. The van der Waals surface area contributed by atoms with Gasteiger partial charge in [-0.2, -0.15) is 0 Å². The minimum atomic E-state index is -0.836. The molecule has 2 aromatic rings. The maximum atomic E-state index is 10.8. The minimum absolute atomic E-state index is 0.0120. The SMILES string of the molecule is O=C(O)CSc1nc2cc(Br)ccc2n1C1CCOC1. The number of thioether (sulfide) groups is 1. The Morgan fingerprint density at radius 3 is 3.15 bits per heavy atom. The van der Waals surface area contributed by atoms with Crippen LogP contribution in [0.25, 0.3) is 11.0 Å². The number of hydrogen-bond acceptors (Lipinski definition) is 4. The average Bonchev–Trinajstić information content (AvgIpc) is 3.01. The summed E-state index contributed by atoms with van der Waals surface area (Å²) in [6, 6.07) is 6.17. The van der Waals surface area contributed by atoms with Crippen molar-refractivity contribution < 1.29 is 14.6 Å². The first kappa shape index (κ1) is 13.9. The molecule has 1 atom stereocenters. The number of ether oxygens (including phenoxy) is 1. The van der Waals surface area contributed by atoms with Crippen LogP contribution in [0.3, 0.4) is 0 Å². The number of halogens is 1. The third kappa shape index (κ3) is 2.70. The van der Waals surface area contributed by atoms with Crippen LogP contribution >= 0.6 is 27.7 Å². The van der Waals surface area contributed by atoms with Crippen molar-refractivity contribution in [2.45, 2.75) is 17.6 Å². The molecule has 1 aliphatic rings. The summed E-state index contributed by atoms with van der Waals surface area (Å²) >= 11 is 4.69. The van der Waals surface area contributed by atoms with Crippen molar-refractivity contribution in [3.8, 4) is 0 Å². The highest BCUT2D eigenvalue weighted by atomic mass is 79.9. The fourth-order valence-electron chi connectivity index (χ4n) is 2.36. The van der Waals surface area contributed by atoms with Gasteiger partial charge in [-0.3, -0.25) is 4.79 Å². The average molecular weight is 357 g/mol. The molecular weight excluding hydrogens is 344 g/mol. The molecule has 1 aromatic heterocycles. The summed E-state index contributed by atoms with van der Waals surface area (Å²) in [5.41, 5.74) is 1.90. The Labute approximate surface area is 128 Å². The Morgan fingerprint density at radius 1 is 1.60 bits per heavy atom. The number of carboxylic acids is 1. The van der Waals surface area contributed by atoms with Gasteiger partial charge in [-0.05, 0) is 24.6 Å². The topological polar surface area (TPSA) is 64.3 Å². The summed E-state index contributed by atoms with van der Waals surface area (Å²) in [6.07, 6.45) is 0.933. The highest BCUT2D eigenvalue weighted by Gasteiger charge is 2.23. The molecule has 2 heterocycles. The summed E-state index contributed by atoms with van der Waals surface area (Å²) in [5.74, 6) is -0.824. The van der Waals surface area contributed by atoms with E-state index in [0.717, 1.165) is 33.7 Å². The lowest BCUT2D eigenvalue weighted by Gasteiger charge is -2.14. The summed E-state index contributed by atoms with van der Waals surface area (Å²) in [4.78, 5) is 15.4. The number of nitrogens with zero attached hydrogens (tertiary/aromatic N) is 2. The Hall–Kier alpha value is -1.05. The summed E-state index contributed by atoms with van der Waals surface area (Å²) < 4.78 is 8.53. The van der Waals surface area contributed by atoms with E-state index in [4.69, 9.17) is 9.84 Å². The molecule has 0 amide bonds. The lowest BCUT2D eigenvalue weighted by Crippen LogP contribution is -2.10. The summed E-state index contributed by atoms with van der Waals surface area (Å²) in [6.45, 7) is 1.39. The number of imidazole rings is 1. The van der Waals surface area contributed by atoms with Gasteiger partial charge in [0.15, 0.2) is 5.16 Å². The standard InChI is InChI=1S/C13H13BrN2O3S/c14-8-1-2-11-10(5-8)15-13(20-7-12(17)18)16(11)9-3-4-19-6-9/h1-2,5,9H,3-4,6-7H2,(H,17,18). The molecule has 106 valence electrons. The second-order valence-corrected chi connectivity index (χ2v) is 6.46. The maximum Gasteiger partial charge on any atom is 0.313 e. The monoisotopic (exact) mass is 356 g/mol. The second-order valence-electron chi connectivity index (χ2n) is 4.60. The molecule has 1 aromatic carbocycles. The van der Waals surface area contributed by atoms with Crippen molar-refractivity contribution in [1.29, 1.82) is 0 Å². The fourth-order valence-corrected chi connectivity index (χ4v) is 3.51. The van der Waals surface area contributed by atoms with Crippen LogP contribution in [-0.4, -0.2) is 39.6 Å². The predicted molar refractivity (Wildman–Crippen MR) is 80.3 cm³/mol. The van der Waals surface area contributed by atoms with Crippen molar-refractivity contribution in [1.82, 2.24) is 9.55 Å². The third-order valence-corrected chi connectivity index (χ3v) is 4.65. The summed E-state index contributed by atoms with van der Waals surface area (Å²) in [5, 5.41) is 9.61. The van der Waals surface area contributed by atoms with Crippen molar-refractivity contribution in [2.75, 3.05) is 19.0 Å². The van der Waals surface area contributed by atoms with E-state index in [-0.39, 0.29) is 11.8 Å². The first-order valence-corrected chi connectivity index (χ1v) is 8.03. The van der Waals surface area contributed by atoms with Gasteiger partial charge in [0.25, 0.3) is 0 Å². The first-order valence-electron chi connectivity index (χ1n) is 6.25. The molecule has 1 unspecified atom stereocenters. The first-order chi connectivity index (χ1) is 9.65. The third-order valence-electron chi connectivity index (χ3n) is 3.21. The van der Waals surface area contributed by atoms with Gasteiger partial charge in [0, 0.05) is 11.1 Å². The lowest BCUT2D eigenvalue weighted by atomic mass is 10.2. The van der Waals surface area contributed by atoms with Crippen molar-refractivity contribution >= 4 is 44.7 Å². The normalized spacial score (nSPS) is 18.8. The van der Waals surface area contributed by atoms with Gasteiger partial charge in [-0.15, -0.1) is 0 Å².